The lowest BCUT2D eigenvalue weighted by molar-refractivity contribution is 1.10. The predicted octanol–water partition coefficient (Wildman–Crippen LogP) is 3.64. The first-order chi connectivity index (χ1) is 4.16. The van der Waals surface area contributed by atoms with Crippen molar-refractivity contribution in [2.75, 3.05) is 0 Å². The maximum absolute atomic E-state index is 3.35. The number of hydrogen-bond acceptors (Lipinski definition) is 0. The Labute approximate surface area is 65.8 Å². The van der Waals surface area contributed by atoms with Crippen LogP contribution >= 0.6 is 15.9 Å². The van der Waals surface area contributed by atoms with Crippen LogP contribution in [0.4, 0.5) is 0 Å². The molecule has 0 aliphatic carbocycles. The fourth-order valence-electron chi connectivity index (χ4n) is 0.375. The predicted molar refractivity (Wildman–Crippen MR) is 46.7 cm³/mol. The van der Waals surface area contributed by atoms with Crippen molar-refractivity contribution in [3.05, 3.63) is 22.2 Å². The molecule has 0 fully saturated rings. The Morgan fingerprint density at radius 1 is 1.33 bits per heavy atom. The van der Waals surface area contributed by atoms with E-state index in [-0.39, 0.29) is 0 Å². The molecule has 0 aromatic rings. The number of rotatable bonds is 2. The number of hydrogen-bond donors (Lipinski definition) is 0. The van der Waals surface area contributed by atoms with Crippen LogP contribution in [0.1, 0.15) is 27.2 Å². The van der Waals surface area contributed by atoms with Crippen molar-refractivity contribution in [3.8, 4) is 0 Å². The van der Waals surface area contributed by atoms with Crippen LogP contribution in [0.3, 0.4) is 0 Å². The summed E-state index contributed by atoms with van der Waals surface area (Å²) in [6, 6.07) is 0. The summed E-state index contributed by atoms with van der Waals surface area (Å²) in [4.78, 5) is 0. The van der Waals surface area contributed by atoms with Gasteiger partial charge in [0.2, 0.25) is 0 Å². The fraction of sp³-hybridized carbons (Fsp3) is 0.500. The van der Waals surface area contributed by atoms with Crippen LogP contribution in [0.2, 0.25) is 0 Å². The normalized spacial score (nSPS) is 14.2. The van der Waals surface area contributed by atoms with Gasteiger partial charge in [0.1, 0.15) is 0 Å². The summed E-state index contributed by atoms with van der Waals surface area (Å²) in [6.45, 7) is 6.31. The summed E-state index contributed by atoms with van der Waals surface area (Å²) in [5, 5.41) is 0. The molecule has 0 aromatic heterocycles. The van der Waals surface area contributed by atoms with E-state index < -0.39 is 0 Å². The van der Waals surface area contributed by atoms with E-state index in [4.69, 9.17) is 0 Å². The van der Waals surface area contributed by atoms with Gasteiger partial charge in [-0.2, -0.15) is 0 Å². The Morgan fingerprint density at radius 3 is 2.22 bits per heavy atom. The van der Waals surface area contributed by atoms with Gasteiger partial charge in [-0.1, -0.05) is 40.6 Å². The summed E-state index contributed by atoms with van der Waals surface area (Å²) in [5.74, 6) is 0. The molecule has 9 heavy (non-hydrogen) atoms. The zero-order valence-corrected chi connectivity index (χ0v) is 7.83. The van der Waals surface area contributed by atoms with E-state index in [0.29, 0.717) is 0 Å². The van der Waals surface area contributed by atoms with E-state index in [1.807, 2.05) is 6.92 Å². The molecule has 0 aliphatic rings. The second-order valence-corrected chi connectivity index (χ2v) is 3.37. The first kappa shape index (κ1) is 8.96. The first-order valence-corrected chi connectivity index (χ1v) is 3.95. The third-order valence-electron chi connectivity index (χ3n) is 1.16. The highest BCUT2D eigenvalue weighted by atomic mass is 79.9. The average Bonchev–Trinajstić information content (AvgIpc) is 1.83. The molecule has 0 bridgehead atoms. The highest BCUT2D eigenvalue weighted by Crippen LogP contribution is 2.04. The highest BCUT2D eigenvalue weighted by Gasteiger charge is 1.79. The van der Waals surface area contributed by atoms with Gasteiger partial charge in [0, 0.05) is 0 Å². The SMILES string of the molecule is CC/C(C)=C\C=C(/C)Br. The molecule has 52 valence electrons. The van der Waals surface area contributed by atoms with Gasteiger partial charge in [-0.15, -0.1) is 0 Å². The van der Waals surface area contributed by atoms with Gasteiger partial charge in [-0.3, -0.25) is 0 Å². The molecule has 0 N–H and O–H groups in total. The van der Waals surface area contributed by atoms with Crippen LogP contribution in [-0.4, -0.2) is 0 Å². The van der Waals surface area contributed by atoms with E-state index in [2.05, 4.69) is 41.9 Å². The lowest BCUT2D eigenvalue weighted by Gasteiger charge is -1.89. The Balaban J connectivity index is 3.83. The lowest BCUT2D eigenvalue weighted by Crippen LogP contribution is -1.67. The van der Waals surface area contributed by atoms with Crippen molar-refractivity contribution in [2.24, 2.45) is 0 Å². The fourth-order valence-corrected chi connectivity index (χ4v) is 0.507. The minimum atomic E-state index is 1.14. The van der Waals surface area contributed by atoms with E-state index in [0.717, 1.165) is 6.42 Å². The first-order valence-electron chi connectivity index (χ1n) is 3.16. The van der Waals surface area contributed by atoms with Crippen LogP contribution in [0, 0.1) is 0 Å². The Kier molecular flexibility index (Phi) is 4.78. The van der Waals surface area contributed by atoms with Gasteiger partial charge in [0.25, 0.3) is 0 Å². The minimum absolute atomic E-state index is 1.14. The van der Waals surface area contributed by atoms with Gasteiger partial charge < -0.3 is 0 Å². The van der Waals surface area contributed by atoms with Crippen LogP contribution in [0.25, 0.3) is 0 Å². The summed E-state index contributed by atoms with van der Waals surface area (Å²) in [7, 11) is 0. The number of halogens is 1. The maximum atomic E-state index is 3.35. The maximum Gasteiger partial charge on any atom is -0.00804 e. The molecule has 0 heterocycles. The molecule has 0 amide bonds. The second kappa shape index (κ2) is 4.80. The summed E-state index contributed by atoms with van der Waals surface area (Å²) in [6.07, 6.45) is 5.33. The molecule has 0 rings (SSSR count). The van der Waals surface area contributed by atoms with E-state index in [1.165, 1.54) is 10.1 Å². The summed E-state index contributed by atoms with van der Waals surface area (Å²) >= 11 is 3.35. The molecule has 0 nitrogen and oxygen atoms in total. The van der Waals surface area contributed by atoms with Crippen LogP contribution in [0.15, 0.2) is 22.2 Å². The quantitative estimate of drug-likeness (QED) is 0.581. The van der Waals surface area contributed by atoms with E-state index >= 15 is 0 Å². The third-order valence-corrected chi connectivity index (χ3v) is 1.42. The third kappa shape index (κ3) is 5.84. The molecule has 0 aromatic carbocycles. The minimum Gasteiger partial charge on any atom is -0.0736 e. The van der Waals surface area contributed by atoms with Gasteiger partial charge in [-0.05, 0) is 24.8 Å². The van der Waals surface area contributed by atoms with Crippen molar-refractivity contribution >= 4 is 15.9 Å². The van der Waals surface area contributed by atoms with Gasteiger partial charge in [0.05, 0.1) is 0 Å². The van der Waals surface area contributed by atoms with E-state index in [9.17, 15) is 0 Å². The topological polar surface area (TPSA) is 0 Å². The summed E-state index contributed by atoms with van der Waals surface area (Å²) < 4.78 is 1.18. The van der Waals surface area contributed by atoms with Crippen LogP contribution in [0.5, 0.6) is 0 Å². The second-order valence-electron chi connectivity index (χ2n) is 2.12. The zero-order chi connectivity index (χ0) is 7.28. The monoisotopic (exact) mass is 188 g/mol. The molecular formula is C8H13Br. The largest absolute Gasteiger partial charge is 0.0736 e. The van der Waals surface area contributed by atoms with Crippen molar-refractivity contribution in [1.82, 2.24) is 0 Å². The van der Waals surface area contributed by atoms with Crippen molar-refractivity contribution < 1.29 is 0 Å². The molecule has 0 spiro atoms. The molecule has 0 aliphatic heterocycles. The van der Waals surface area contributed by atoms with Crippen molar-refractivity contribution in [3.63, 3.8) is 0 Å². The molecular weight excluding hydrogens is 176 g/mol. The van der Waals surface area contributed by atoms with Crippen LogP contribution in [-0.2, 0) is 0 Å². The van der Waals surface area contributed by atoms with E-state index in [1.54, 1.807) is 0 Å². The number of allylic oxidation sites excluding steroid dienone is 4. The zero-order valence-electron chi connectivity index (χ0n) is 6.24. The highest BCUT2D eigenvalue weighted by molar-refractivity contribution is 9.11. The molecule has 0 atom stereocenters. The van der Waals surface area contributed by atoms with Gasteiger partial charge in [0.15, 0.2) is 0 Å². The van der Waals surface area contributed by atoms with Crippen molar-refractivity contribution in [1.29, 1.82) is 0 Å². The standard InChI is InChI=1S/C8H13Br/c1-4-7(2)5-6-8(3)9/h5-6H,4H2,1-3H3/b7-5-,8-6+. The smallest absolute Gasteiger partial charge is 0.00804 e. The average molecular weight is 189 g/mol. The van der Waals surface area contributed by atoms with Gasteiger partial charge in [-0.25, -0.2) is 0 Å². The summed E-state index contributed by atoms with van der Waals surface area (Å²) in [5.41, 5.74) is 1.41. The molecule has 0 radical (unpaired) electrons. The molecule has 1 heteroatoms. The Morgan fingerprint density at radius 2 is 1.89 bits per heavy atom. The lowest BCUT2D eigenvalue weighted by atomic mass is 10.2. The van der Waals surface area contributed by atoms with Gasteiger partial charge >= 0.3 is 0 Å². The Bertz CT molecular complexity index is 128. The molecule has 0 saturated carbocycles. The Hall–Kier alpha value is -0.0400. The van der Waals surface area contributed by atoms with Crippen LogP contribution < -0.4 is 0 Å². The molecule has 0 unspecified atom stereocenters. The molecule has 0 saturated heterocycles. The van der Waals surface area contributed by atoms with Crippen molar-refractivity contribution in [2.45, 2.75) is 27.2 Å².